The molecule has 1 aliphatic rings. The number of rotatable bonds is 12. The third kappa shape index (κ3) is 8.30. The number of amides is 2. The van der Waals surface area contributed by atoms with Crippen molar-refractivity contribution in [3.63, 3.8) is 0 Å². The lowest BCUT2D eigenvalue weighted by Gasteiger charge is -2.35. The molecule has 5 rings (SSSR count). The molecule has 1 atom stereocenters. The molecule has 2 N–H and O–H groups in total. The molecule has 1 saturated heterocycles. The Labute approximate surface area is 291 Å². The van der Waals surface area contributed by atoms with Gasteiger partial charge in [0.05, 0.1) is 12.0 Å². The lowest BCUT2D eigenvalue weighted by molar-refractivity contribution is -0.140. The normalized spacial score (nSPS) is 15.4. The van der Waals surface area contributed by atoms with Crippen molar-refractivity contribution in [1.82, 2.24) is 34.6 Å². The van der Waals surface area contributed by atoms with Crippen LogP contribution in [0.5, 0.6) is 0 Å². The number of hydrogen-bond donors (Lipinski definition) is 2. The van der Waals surface area contributed by atoms with Crippen LogP contribution in [0, 0.1) is 0 Å². The second-order valence-corrected chi connectivity index (χ2v) is 12.7. The zero-order valence-corrected chi connectivity index (χ0v) is 29.3. The van der Waals surface area contributed by atoms with E-state index >= 15 is 0 Å². The summed E-state index contributed by atoms with van der Waals surface area (Å²) >= 11 is 0.782. The van der Waals surface area contributed by atoms with Crippen LogP contribution in [0.2, 0.25) is 0 Å². The average molecular weight is 715 g/mol. The van der Waals surface area contributed by atoms with Gasteiger partial charge in [0.2, 0.25) is 5.43 Å². The number of likely N-dealkylation sites (tertiary alicyclic amines) is 1. The van der Waals surface area contributed by atoms with Gasteiger partial charge in [-0.05, 0) is 58.5 Å². The summed E-state index contributed by atoms with van der Waals surface area (Å²) in [6, 6.07) is 2.38. The van der Waals surface area contributed by atoms with Crippen LogP contribution in [-0.4, -0.2) is 93.7 Å². The van der Waals surface area contributed by atoms with Crippen LogP contribution in [0.3, 0.4) is 0 Å². The van der Waals surface area contributed by atoms with E-state index < -0.39 is 29.3 Å². The number of hydrogen-bond acceptors (Lipinski definition) is 10. The van der Waals surface area contributed by atoms with E-state index in [9.17, 15) is 27.6 Å². The molecule has 1 aliphatic heterocycles. The maximum absolute atomic E-state index is 13.9. The number of aromatic nitrogens is 4. The summed E-state index contributed by atoms with van der Waals surface area (Å²) in [5, 5.41) is 6.25. The first-order valence-corrected chi connectivity index (χ1v) is 17.6. The highest BCUT2D eigenvalue weighted by molar-refractivity contribution is 7.13. The SMILES string of the molecule is CCNC(=O)Nc1cc(-c2nc(C(F)(F)F)cs2)c(-c2cnc3c(c2)c(=O)c(C(=O)OCC)cn3C2CCCN(CCN(CC)CC)C2)cn1. The van der Waals surface area contributed by atoms with E-state index in [2.05, 4.69) is 44.2 Å². The average Bonchev–Trinajstić information content (AvgIpc) is 3.61. The van der Waals surface area contributed by atoms with Crippen LogP contribution in [0.1, 0.15) is 62.6 Å². The fourth-order valence-corrected chi connectivity index (χ4v) is 6.93. The van der Waals surface area contributed by atoms with Gasteiger partial charge in [-0.3, -0.25) is 10.1 Å². The van der Waals surface area contributed by atoms with E-state index in [1.807, 2.05) is 4.57 Å². The Bertz CT molecular complexity index is 1890. The first kappa shape index (κ1) is 36.9. The van der Waals surface area contributed by atoms with Gasteiger partial charge in [-0.1, -0.05) is 13.8 Å². The van der Waals surface area contributed by atoms with Crippen LogP contribution in [-0.2, 0) is 10.9 Å². The minimum Gasteiger partial charge on any atom is -0.462 e. The molecule has 1 fully saturated rings. The lowest BCUT2D eigenvalue weighted by Crippen LogP contribution is -2.41. The molecule has 12 nitrogen and oxygen atoms in total. The number of fused-ring (bicyclic) bond motifs is 1. The number of thiazole rings is 1. The van der Waals surface area contributed by atoms with Gasteiger partial charge < -0.3 is 24.4 Å². The quantitative estimate of drug-likeness (QED) is 0.172. The van der Waals surface area contributed by atoms with Gasteiger partial charge in [0, 0.05) is 72.9 Å². The number of carbonyl (C=O) groups excluding carboxylic acids is 2. The van der Waals surface area contributed by atoms with Crippen LogP contribution >= 0.6 is 11.3 Å². The molecular formula is C34H41F3N8O4S. The van der Waals surface area contributed by atoms with E-state index in [1.165, 1.54) is 24.7 Å². The minimum atomic E-state index is -4.66. The van der Waals surface area contributed by atoms with Crippen molar-refractivity contribution in [2.75, 3.05) is 57.7 Å². The molecule has 268 valence electrons. The highest BCUT2D eigenvalue weighted by atomic mass is 32.1. The first-order valence-electron chi connectivity index (χ1n) is 16.7. The van der Waals surface area contributed by atoms with Crippen LogP contribution in [0.4, 0.5) is 23.8 Å². The van der Waals surface area contributed by atoms with Gasteiger partial charge in [-0.25, -0.2) is 24.5 Å². The Morgan fingerprint density at radius 2 is 1.88 bits per heavy atom. The molecule has 50 heavy (non-hydrogen) atoms. The fourth-order valence-electron chi connectivity index (χ4n) is 6.08. The van der Waals surface area contributed by atoms with Crippen LogP contribution < -0.4 is 16.1 Å². The lowest BCUT2D eigenvalue weighted by atomic mass is 10.0. The van der Waals surface area contributed by atoms with Gasteiger partial charge >= 0.3 is 18.2 Å². The van der Waals surface area contributed by atoms with E-state index in [0.717, 1.165) is 62.3 Å². The van der Waals surface area contributed by atoms with Gasteiger partial charge in [-0.2, -0.15) is 13.2 Å². The second kappa shape index (κ2) is 16.1. The third-order valence-electron chi connectivity index (χ3n) is 8.68. The van der Waals surface area contributed by atoms with Crippen molar-refractivity contribution >= 4 is 40.2 Å². The van der Waals surface area contributed by atoms with Gasteiger partial charge in [0.1, 0.15) is 22.0 Å². The summed E-state index contributed by atoms with van der Waals surface area (Å²) in [6.07, 6.45) is 1.52. The van der Waals surface area contributed by atoms with E-state index in [1.54, 1.807) is 19.9 Å². The molecule has 4 aromatic heterocycles. The highest BCUT2D eigenvalue weighted by Crippen LogP contribution is 2.39. The molecule has 2 amide bonds. The number of piperidine rings is 1. The van der Waals surface area contributed by atoms with Gasteiger partial charge in [-0.15, -0.1) is 11.3 Å². The van der Waals surface area contributed by atoms with E-state index in [0.29, 0.717) is 29.9 Å². The van der Waals surface area contributed by atoms with E-state index in [-0.39, 0.29) is 40.0 Å². The number of nitrogens with one attached hydrogen (secondary N) is 2. The number of likely N-dealkylation sites (N-methyl/N-ethyl adjacent to an activating group) is 1. The summed E-state index contributed by atoms with van der Waals surface area (Å²) < 4.78 is 47.8. The Morgan fingerprint density at radius 1 is 1.10 bits per heavy atom. The fraction of sp³-hybridized carbons (Fsp3) is 0.471. The topological polar surface area (TPSA) is 135 Å². The molecule has 5 heterocycles. The summed E-state index contributed by atoms with van der Waals surface area (Å²) in [6.45, 7) is 13.5. The Morgan fingerprint density at radius 3 is 2.56 bits per heavy atom. The predicted molar refractivity (Wildman–Crippen MR) is 186 cm³/mol. The standard InChI is InChI=1S/C34H41F3N8O4S/c1-5-38-33(48)42-28-15-23(31-41-27(20-50-31)34(35,36)37)25(17-39-28)21-14-24-29(46)26(32(47)49-8-4)19-45(30(24)40-16-21)22-10-9-11-44(18-22)13-12-43(6-2)7-3/h14-17,19-20,22H,5-13,18H2,1-4H3,(H2,38,39,42,48). The van der Waals surface area contributed by atoms with Crippen molar-refractivity contribution < 1.29 is 27.5 Å². The molecule has 1 unspecified atom stereocenters. The summed E-state index contributed by atoms with van der Waals surface area (Å²) in [4.78, 5) is 56.8. The first-order chi connectivity index (χ1) is 24.0. The molecule has 0 spiro atoms. The number of pyridine rings is 3. The number of urea groups is 1. The number of nitrogens with zero attached hydrogens (tertiary/aromatic N) is 6. The Balaban J connectivity index is 1.62. The zero-order chi connectivity index (χ0) is 36.0. The predicted octanol–water partition coefficient (Wildman–Crippen LogP) is 5.90. The summed E-state index contributed by atoms with van der Waals surface area (Å²) in [5.41, 5.74) is -0.453. The van der Waals surface area contributed by atoms with Crippen LogP contribution in [0.15, 0.2) is 40.9 Å². The van der Waals surface area contributed by atoms with Crippen LogP contribution in [0.25, 0.3) is 32.7 Å². The summed E-state index contributed by atoms with van der Waals surface area (Å²) in [7, 11) is 0. The van der Waals surface area contributed by atoms with E-state index in [4.69, 9.17) is 9.72 Å². The monoisotopic (exact) mass is 714 g/mol. The second-order valence-electron chi connectivity index (χ2n) is 11.9. The number of alkyl halides is 3. The third-order valence-corrected chi connectivity index (χ3v) is 9.56. The molecule has 0 aliphatic carbocycles. The number of esters is 1. The molecule has 0 radical (unpaired) electrons. The van der Waals surface area contributed by atoms with Gasteiger partial charge in [0.15, 0.2) is 5.69 Å². The zero-order valence-electron chi connectivity index (χ0n) is 28.5. The number of halogens is 3. The smallest absolute Gasteiger partial charge is 0.434 e. The minimum absolute atomic E-state index is 0.0264. The number of anilines is 1. The molecule has 0 bridgehead atoms. The molecule has 4 aromatic rings. The summed E-state index contributed by atoms with van der Waals surface area (Å²) in [5.74, 6) is -0.666. The molecular weight excluding hydrogens is 673 g/mol. The Hall–Kier alpha value is -4.41. The highest BCUT2D eigenvalue weighted by Gasteiger charge is 2.34. The van der Waals surface area contributed by atoms with Gasteiger partial charge in [0.25, 0.3) is 0 Å². The van der Waals surface area contributed by atoms with Crippen molar-refractivity contribution in [3.05, 3.63) is 57.6 Å². The molecule has 0 saturated carbocycles. The van der Waals surface area contributed by atoms with Crippen molar-refractivity contribution in [2.24, 2.45) is 0 Å². The number of ether oxygens (including phenoxy) is 1. The molecule has 16 heteroatoms. The molecule has 0 aromatic carbocycles. The number of carbonyl (C=O) groups is 2. The Kier molecular flexibility index (Phi) is 11.9. The maximum Gasteiger partial charge on any atom is 0.434 e. The van der Waals surface area contributed by atoms with Crippen molar-refractivity contribution in [2.45, 2.75) is 52.8 Å². The maximum atomic E-state index is 13.9. The largest absolute Gasteiger partial charge is 0.462 e. The van der Waals surface area contributed by atoms with Crippen molar-refractivity contribution in [1.29, 1.82) is 0 Å². The van der Waals surface area contributed by atoms with Crippen molar-refractivity contribution in [3.8, 4) is 21.7 Å².